The third-order valence-corrected chi connectivity index (χ3v) is 6.90. The molecule has 0 N–H and O–H groups in total. The average molecular weight is 423 g/mol. The van der Waals surface area contributed by atoms with E-state index in [0.717, 1.165) is 25.7 Å². The van der Waals surface area contributed by atoms with Crippen LogP contribution in [0, 0.1) is 0 Å². The Hall–Kier alpha value is -1.78. The number of hydrogen-bond donors (Lipinski definition) is 0. The first kappa shape index (κ1) is 22.4. The number of hydrogen-bond acceptors (Lipinski definition) is 4. The van der Waals surface area contributed by atoms with Gasteiger partial charge in [0.1, 0.15) is 0 Å². The Morgan fingerprint density at radius 1 is 0.613 bits per heavy atom. The summed E-state index contributed by atoms with van der Waals surface area (Å²) in [4.78, 5) is 8.41. The molecule has 31 heavy (non-hydrogen) atoms. The Morgan fingerprint density at radius 2 is 1.06 bits per heavy atom. The molecule has 2 aliphatic heterocycles. The number of ether oxygens (including phenoxy) is 2. The lowest BCUT2D eigenvalue weighted by atomic mass is 10.0. The summed E-state index contributed by atoms with van der Waals surface area (Å²) in [7, 11) is 0. The molecule has 4 heterocycles. The Bertz CT molecular complexity index is 676. The fraction of sp³-hybridized carbons (Fsp3) is 0.630. The van der Waals surface area contributed by atoms with E-state index in [0.29, 0.717) is 24.4 Å². The van der Waals surface area contributed by atoms with Crippen LogP contribution in [0.1, 0.15) is 81.8 Å². The molecule has 2 aliphatic rings. The molecule has 4 nitrogen and oxygen atoms in total. The van der Waals surface area contributed by atoms with Crippen LogP contribution in [0.3, 0.4) is 0 Å². The smallest absolute Gasteiger partial charge is 0.0583 e. The highest BCUT2D eigenvalue weighted by atomic mass is 16.5. The molecule has 0 spiro atoms. The van der Waals surface area contributed by atoms with Gasteiger partial charge >= 0.3 is 0 Å². The number of aromatic nitrogens is 2. The molecule has 0 bridgehead atoms. The van der Waals surface area contributed by atoms with Gasteiger partial charge in [-0.3, -0.25) is 9.97 Å². The van der Waals surface area contributed by atoms with Crippen LogP contribution in [-0.4, -0.2) is 34.4 Å². The SMILES string of the molecule is c1cncc(CCC2CCC(CCCCCC3CCC(CCc4cccnc4)O3)O2)c1. The molecule has 4 heteroatoms. The summed E-state index contributed by atoms with van der Waals surface area (Å²) in [6.45, 7) is 0. The van der Waals surface area contributed by atoms with Gasteiger partial charge < -0.3 is 9.47 Å². The molecule has 0 aromatic carbocycles. The van der Waals surface area contributed by atoms with Gasteiger partial charge in [0, 0.05) is 24.8 Å². The average Bonchev–Trinajstić information content (AvgIpc) is 3.47. The lowest BCUT2D eigenvalue weighted by Crippen LogP contribution is -2.12. The topological polar surface area (TPSA) is 44.2 Å². The van der Waals surface area contributed by atoms with E-state index in [-0.39, 0.29) is 0 Å². The Kier molecular flexibility index (Phi) is 8.90. The lowest BCUT2D eigenvalue weighted by molar-refractivity contribution is 0.0313. The summed E-state index contributed by atoms with van der Waals surface area (Å²) in [5.41, 5.74) is 2.64. The van der Waals surface area contributed by atoms with Crippen LogP contribution < -0.4 is 0 Å². The van der Waals surface area contributed by atoms with E-state index in [2.05, 4.69) is 22.1 Å². The minimum Gasteiger partial charge on any atom is -0.375 e. The van der Waals surface area contributed by atoms with Gasteiger partial charge in [0.2, 0.25) is 0 Å². The molecular weight excluding hydrogens is 384 g/mol. The summed E-state index contributed by atoms with van der Waals surface area (Å²) in [6, 6.07) is 8.37. The Balaban J connectivity index is 1.01. The van der Waals surface area contributed by atoms with Gasteiger partial charge in [-0.25, -0.2) is 0 Å². The maximum atomic E-state index is 6.29. The molecule has 0 saturated carbocycles. The normalized spacial score (nSPS) is 25.8. The second-order valence-electron chi connectivity index (χ2n) is 9.35. The van der Waals surface area contributed by atoms with Crippen LogP contribution in [0.25, 0.3) is 0 Å². The van der Waals surface area contributed by atoms with E-state index >= 15 is 0 Å². The van der Waals surface area contributed by atoms with Crippen molar-refractivity contribution in [3.05, 3.63) is 60.2 Å². The minimum absolute atomic E-state index is 0.445. The molecule has 4 unspecified atom stereocenters. The van der Waals surface area contributed by atoms with E-state index in [1.807, 2.05) is 36.9 Å². The fourth-order valence-corrected chi connectivity index (χ4v) is 5.08. The first-order valence-electron chi connectivity index (χ1n) is 12.4. The standard InChI is InChI=1S/C27H38N2O2/c1(2-8-24-14-16-26(30-24)12-10-22-6-4-18-28-20-22)3-9-25-15-17-27(31-25)13-11-23-7-5-19-29-21-23/h4-7,18-21,24-27H,1-3,8-17H2. The van der Waals surface area contributed by atoms with Crippen molar-refractivity contribution in [3.63, 3.8) is 0 Å². The monoisotopic (exact) mass is 422 g/mol. The fourth-order valence-electron chi connectivity index (χ4n) is 5.08. The van der Waals surface area contributed by atoms with Crippen molar-refractivity contribution in [1.82, 2.24) is 9.97 Å². The number of aryl methyl sites for hydroxylation is 2. The van der Waals surface area contributed by atoms with Crippen molar-refractivity contribution < 1.29 is 9.47 Å². The van der Waals surface area contributed by atoms with E-state index in [9.17, 15) is 0 Å². The molecule has 2 aromatic rings. The minimum atomic E-state index is 0.445. The van der Waals surface area contributed by atoms with Crippen LogP contribution >= 0.6 is 0 Å². The van der Waals surface area contributed by atoms with Gasteiger partial charge in [-0.2, -0.15) is 0 Å². The Morgan fingerprint density at radius 3 is 1.48 bits per heavy atom. The molecule has 2 aromatic heterocycles. The first-order chi connectivity index (χ1) is 15.3. The predicted octanol–water partition coefficient (Wildman–Crippen LogP) is 6.09. The first-order valence-corrected chi connectivity index (χ1v) is 12.4. The molecule has 0 aliphatic carbocycles. The molecule has 4 atom stereocenters. The van der Waals surface area contributed by atoms with Gasteiger partial charge in [0.25, 0.3) is 0 Å². The third kappa shape index (κ3) is 7.69. The summed E-state index contributed by atoms with van der Waals surface area (Å²) >= 11 is 0. The molecule has 4 rings (SSSR count). The molecular formula is C27H38N2O2. The van der Waals surface area contributed by atoms with Crippen molar-refractivity contribution in [2.75, 3.05) is 0 Å². The zero-order valence-electron chi connectivity index (χ0n) is 18.8. The second kappa shape index (κ2) is 12.3. The maximum Gasteiger partial charge on any atom is 0.0583 e. The van der Waals surface area contributed by atoms with Gasteiger partial charge in [0.15, 0.2) is 0 Å². The summed E-state index contributed by atoms with van der Waals surface area (Å²) in [5.74, 6) is 0. The van der Waals surface area contributed by atoms with Crippen LogP contribution in [0.2, 0.25) is 0 Å². The van der Waals surface area contributed by atoms with Gasteiger partial charge in [-0.15, -0.1) is 0 Å². The highest BCUT2D eigenvalue weighted by Crippen LogP contribution is 2.29. The van der Waals surface area contributed by atoms with Crippen molar-refractivity contribution in [2.45, 2.75) is 108 Å². The van der Waals surface area contributed by atoms with E-state index in [1.54, 1.807) is 0 Å². The van der Waals surface area contributed by atoms with Gasteiger partial charge in [-0.05, 0) is 87.5 Å². The van der Waals surface area contributed by atoms with Crippen molar-refractivity contribution >= 4 is 0 Å². The maximum absolute atomic E-state index is 6.29. The van der Waals surface area contributed by atoms with Crippen molar-refractivity contribution in [3.8, 4) is 0 Å². The zero-order valence-corrected chi connectivity index (χ0v) is 18.8. The number of rotatable bonds is 12. The molecule has 2 saturated heterocycles. The second-order valence-corrected chi connectivity index (χ2v) is 9.35. The van der Waals surface area contributed by atoms with Gasteiger partial charge in [-0.1, -0.05) is 31.4 Å². The quantitative estimate of drug-likeness (QED) is 0.388. The third-order valence-electron chi connectivity index (χ3n) is 6.90. The molecule has 168 valence electrons. The number of nitrogens with zero attached hydrogens (tertiary/aromatic N) is 2. The predicted molar refractivity (Wildman–Crippen MR) is 124 cm³/mol. The van der Waals surface area contributed by atoms with Crippen LogP contribution in [0.4, 0.5) is 0 Å². The van der Waals surface area contributed by atoms with Crippen LogP contribution in [0.15, 0.2) is 49.1 Å². The highest BCUT2D eigenvalue weighted by molar-refractivity contribution is 5.09. The van der Waals surface area contributed by atoms with Crippen molar-refractivity contribution in [2.24, 2.45) is 0 Å². The van der Waals surface area contributed by atoms with E-state index < -0.39 is 0 Å². The molecule has 0 radical (unpaired) electrons. The zero-order chi connectivity index (χ0) is 21.1. The summed E-state index contributed by atoms with van der Waals surface area (Å²) < 4.78 is 12.6. The van der Waals surface area contributed by atoms with Crippen molar-refractivity contribution in [1.29, 1.82) is 0 Å². The summed E-state index contributed by atoms with van der Waals surface area (Å²) in [6.07, 6.45) is 25.2. The largest absolute Gasteiger partial charge is 0.375 e. The summed E-state index contributed by atoms with van der Waals surface area (Å²) in [5, 5.41) is 0. The molecule has 0 amide bonds. The molecule has 2 fully saturated rings. The van der Waals surface area contributed by atoms with E-state index in [4.69, 9.17) is 9.47 Å². The highest BCUT2D eigenvalue weighted by Gasteiger charge is 2.26. The number of pyridine rings is 2. The van der Waals surface area contributed by atoms with Gasteiger partial charge in [0.05, 0.1) is 24.4 Å². The number of unbranched alkanes of at least 4 members (excludes halogenated alkanes) is 2. The van der Waals surface area contributed by atoms with Crippen LogP contribution in [-0.2, 0) is 22.3 Å². The Labute approximate surface area is 187 Å². The van der Waals surface area contributed by atoms with E-state index in [1.165, 1.54) is 68.9 Å². The van der Waals surface area contributed by atoms with Crippen LogP contribution in [0.5, 0.6) is 0 Å². The lowest BCUT2D eigenvalue weighted by Gasteiger charge is -2.15.